The number of fused-ring (bicyclic) bond motifs is 1. The van der Waals surface area contributed by atoms with E-state index < -0.39 is 6.04 Å². The molecule has 10 heteroatoms. The molecule has 5 rings (SSSR count). The van der Waals surface area contributed by atoms with E-state index in [-0.39, 0.29) is 35.4 Å². The van der Waals surface area contributed by atoms with Gasteiger partial charge in [0.1, 0.15) is 6.04 Å². The van der Waals surface area contributed by atoms with Crippen molar-refractivity contribution in [2.75, 3.05) is 11.9 Å². The molecule has 0 radical (unpaired) electrons. The third-order valence-corrected chi connectivity index (χ3v) is 8.97. The number of nitrogens with one attached hydrogen (secondary N) is 4. The average Bonchev–Trinajstić information content (AvgIpc) is 3.32. The maximum absolute atomic E-state index is 13.7. The highest BCUT2D eigenvalue weighted by atomic mass is 16.2. The number of hydrogen-bond acceptors (Lipinski definition) is 5. The summed E-state index contributed by atoms with van der Waals surface area (Å²) in [5, 5.41) is 8.91. The molecular formula is C36H44N6O4. The molecule has 0 saturated heterocycles. The Labute approximate surface area is 269 Å². The van der Waals surface area contributed by atoms with Gasteiger partial charge >= 0.3 is 5.69 Å². The number of nitrogens with two attached hydrogens (primary N) is 1. The van der Waals surface area contributed by atoms with Crippen LogP contribution in [-0.4, -0.2) is 45.9 Å². The van der Waals surface area contributed by atoms with Crippen LogP contribution in [0.25, 0.3) is 22.2 Å². The largest absolute Gasteiger partial charge is 0.350 e. The predicted octanol–water partition coefficient (Wildman–Crippen LogP) is 4.41. The molecule has 6 N–H and O–H groups in total. The smallest absolute Gasteiger partial charge is 0.326 e. The molecule has 4 aromatic rings. The van der Waals surface area contributed by atoms with E-state index in [1.165, 1.54) is 4.57 Å². The van der Waals surface area contributed by atoms with Crippen LogP contribution in [-0.2, 0) is 23.1 Å². The number of carbonyl (C=O) groups excluding carboxylic acids is 3. The molecule has 1 aromatic heterocycles. The number of hydrogen-bond donors (Lipinski definition) is 5. The molecule has 1 fully saturated rings. The van der Waals surface area contributed by atoms with Crippen LogP contribution < -0.4 is 27.4 Å². The Morgan fingerprint density at radius 3 is 2.33 bits per heavy atom. The molecule has 1 aliphatic carbocycles. The number of aromatic amines is 1. The molecule has 0 aliphatic heterocycles. The molecule has 1 aliphatic rings. The van der Waals surface area contributed by atoms with Gasteiger partial charge < -0.3 is 26.7 Å². The van der Waals surface area contributed by atoms with E-state index in [0.717, 1.165) is 53.5 Å². The van der Waals surface area contributed by atoms with Crippen LogP contribution in [0.4, 0.5) is 5.69 Å². The molecule has 1 atom stereocenters. The molecule has 0 spiro atoms. The highest BCUT2D eigenvalue weighted by Crippen LogP contribution is 2.29. The average molecular weight is 625 g/mol. The van der Waals surface area contributed by atoms with Gasteiger partial charge in [-0.05, 0) is 112 Å². The summed E-state index contributed by atoms with van der Waals surface area (Å²) in [7, 11) is 1.68. The van der Waals surface area contributed by atoms with Gasteiger partial charge in [0.2, 0.25) is 11.8 Å². The zero-order valence-corrected chi connectivity index (χ0v) is 27.0. The number of carbonyl (C=O) groups is 3. The van der Waals surface area contributed by atoms with Crippen LogP contribution in [0.5, 0.6) is 0 Å². The summed E-state index contributed by atoms with van der Waals surface area (Å²) in [5.41, 5.74) is 12.0. The minimum Gasteiger partial charge on any atom is -0.350 e. The zero-order valence-electron chi connectivity index (χ0n) is 27.0. The third-order valence-electron chi connectivity index (χ3n) is 8.97. The fourth-order valence-corrected chi connectivity index (χ4v) is 6.23. The summed E-state index contributed by atoms with van der Waals surface area (Å²) in [4.78, 5) is 54.4. The molecule has 1 heterocycles. The van der Waals surface area contributed by atoms with Crippen molar-refractivity contribution in [2.45, 2.75) is 65.0 Å². The van der Waals surface area contributed by atoms with Crippen molar-refractivity contribution in [3.8, 4) is 11.1 Å². The molecule has 46 heavy (non-hydrogen) atoms. The Kier molecular flexibility index (Phi) is 10.1. The maximum Gasteiger partial charge on any atom is 0.326 e. The van der Waals surface area contributed by atoms with Crippen molar-refractivity contribution in [3.63, 3.8) is 0 Å². The molecule has 3 aromatic carbocycles. The van der Waals surface area contributed by atoms with E-state index in [9.17, 15) is 19.2 Å². The molecular weight excluding hydrogens is 580 g/mol. The number of benzene rings is 3. The summed E-state index contributed by atoms with van der Waals surface area (Å²) in [6, 6.07) is 18.1. The molecule has 242 valence electrons. The van der Waals surface area contributed by atoms with Crippen LogP contribution in [0.3, 0.4) is 0 Å². The van der Waals surface area contributed by atoms with Gasteiger partial charge in [-0.25, -0.2) is 4.79 Å². The molecule has 10 nitrogen and oxygen atoms in total. The minimum atomic E-state index is -0.809. The Bertz CT molecular complexity index is 1780. The van der Waals surface area contributed by atoms with E-state index in [1.54, 1.807) is 25.2 Å². The number of aryl methyl sites for hydroxylation is 2. The van der Waals surface area contributed by atoms with E-state index in [1.807, 2.05) is 63.2 Å². The van der Waals surface area contributed by atoms with Gasteiger partial charge in [-0.3, -0.25) is 19.0 Å². The highest BCUT2D eigenvalue weighted by molar-refractivity contribution is 5.99. The zero-order chi connectivity index (χ0) is 33.0. The Morgan fingerprint density at radius 2 is 1.67 bits per heavy atom. The van der Waals surface area contributed by atoms with Gasteiger partial charge in [0.15, 0.2) is 0 Å². The van der Waals surface area contributed by atoms with E-state index in [2.05, 4.69) is 20.9 Å². The lowest BCUT2D eigenvalue weighted by Gasteiger charge is -2.28. The Hall–Kier alpha value is -4.70. The lowest BCUT2D eigenvalue weighted by molar-refractivity contribution is -0.130. The van der Waals surface area contributed by atoms with Crippen molar-refractivity contribution in [1.82, 2.24) is 20.2 Å². The first-order valence-corrected chi connectivity index (χ1v) is 16.0. The van der Waals surface area contributed by atoms with Crippen molar-refractivity contribution in [1.29, 1.82) is 0 Å². The van der Waals surface area contributed by atoms with Gasteiger partial charge in [0.25, 0.3) is 5.91 Å². The van der Waals surface area contributed by atoms with Crippen molar-refractivity contribution in [3.05, 3.63) is 87.8 Å². The summed E-state index contributed by atoms with van der Waals surface area (Å²) in [6.07, 6.45) is 3.63. The Balaban J connectivity index is 1.33. The molecule has 1 saturated carbocycles. The van der Waals surface area contributed by atoms with Crippen LogP contribution in [0.15, 0.2) is 65.5 Å². The SMILES string of the molecule is Cc1cc(C(=O)NC(C)C)ccc1-c1ccc(C[C@H](NC(=O)[C@H]2CC[C@H](CN)CC2)C(=O)Nc2ccc3c(c2)[nH]c(=O)n3C)cc1. The third kappa shape index (κ3) is 7.56. The van der Waals surface area contributed by atoms with Crippen molar-refractivity contribution < 1.29 is 14.4 Å². The Morgan fingerprint density at radius 1 is 0.957 bits per heavy atom. The second-order valence-electron chi connectivity index (χ2n) is 12.8. The van der Waals surface area contributed by atoms with Gasteiger partial charge in [0, 0.05) is 36.7 Å². The van der Waals surface area contributed by atoms with Crippen molar-refractivity contribution in [2.24, 2.45) is 24.6 Å². The van der Waals surface area contributed by atoms with Gasteiger partial charge in [0.05, 0.1) is 11.0 Å². The van der Waals surface area contributed by atoms with Gasteiger partial charge in [-0.15, -0.1) is 0 Å². The van der Waals surface area contributed by atoms with Crippen LogP contribution in [0.2, 0.25) is 0 Å². The predicted molar refractivity (Wildman–Crippen MR) is 182 cm³/mol. The quantitative estimate of drug-likeness (QED) is 0.177. The van der Waals surface area contributed by atoms with Gasteiger partial charge in [-0.2, -0.15) is 0 Å². The van der Waals surface area contributed by atoms with E-state index >= 15 is 0 Å². The molecule has 0 bridgehead atoms. The first-order chi connectivity index (χ1) is 22.0. The highest BCUT2D eigenvalue weighted by Gasteiger charge is 2.29. The van der Waals surface area contributed by atoms with Gasteiger partial charge in [-0.1, -0.05) is 30.3 Å². The number of nitrogens with zero attached hydrogens (tertiary/aromatic N) is 1. The number of imidazole rings is 1. The minimum absolute atomic E-state index is 0.0556. The standard InChI is InChI=1S/C36H44N6O4/c1-21(2)38-34(44)27-13-15-29(22(3)17-27)25-9-5-23(6-10-25)18-31(40-33(43)26-11-7-24(20-37)8-12-26)35(45)39-28-14-16-32-30(19-28)41-36(46)42(32)4/h5-6,9-10,13-17,19,21,24,26,31H,7-8,11-12,18,20,37H2,1-4H3,(H,38,44)(H,39,45)(H,40,43)(H,41,46)/t24-,26-,31-/m0/s1. The number of rotatable bonds is 10. The number of anilines is 1. The molecule has 0 unspecified atom stereocenters. The fraction of sp³-hybridized carbons (Fsp3) is 0.389. The summed E-state index contributed by atoms with van der Waals surface area (Å²) >= 11 is 0. The van der Waals surface area contributed by atoms with Crippen LogP contribution in [0, 0.1) is 18.8 Å². The summed E-state index contributed by atoms with van der Waals surface area (Å²) in [5.74, 6) is -0.266. The maximum atomic E-state index is 13.7. The number of aromatic nitrogens is 2. The normalized spacial score (nSPS) is 17.1. The first kappa shape index (κ1) is 32.7. The summed E-state index contributed by atoms with van der Waals surface area (Å²) in [6.45, 7) is 6.47. The molecule has 3 amide bonds. The number of amides is 3. The second kappa shape index (κ2) is 14.2. The van der Waals surface area contributed by atoms with Crippen molar-refractivity contribution >= 4 is 34.4 Å². The topological polar surface area (TPSA) is 151 Å². The van der Waals surface area contributed by atoms with Crippen LogP contribution >= 0.6 is 0 Å². The summed E-state index contributed by atoms with van der Waals surface area (Å²) < 4.78 is 1.51. The van der Waals surface area contributed by atoms with E-state index in [4.69, 9.17) is 5.73 Å². The fourth-order valence-electron chi connectivity index (χ4n) is 6.23. The first-order valence-electron chi connectivity index (χ1n) is 16.0. The lowest BCUT2D eigenvalue weighted by Crippen LogP contribution is -2.48. The lowest BCUT2D eigenvalue weighted by atomic mass is 9.81. The second-order valence-corrected chi connectivity index (χ2v) is 12.8. The van der Waals surface area contributed by atoms with Crippen LogP contribution in [0.1, 0.15) is 61.0 Å². The number of H-pyrrole nitrogens is 1. The van der Waals surface area contributed by atoms with E-state index in [0.29, 0.717) is 35.7 Å². The monoisotopic (exact) mass is 624 g/mol.